The number of aromatic amines is 1. The zero-order chi connectivity index (χ0) is 13.4. The molecule has 3 aromatic rings. The molecule has 94 valence electrons. The molecule has 2 aromatic carbocycles. The second kappa shape index (κ2) is 4.72. The van der Waals surface area contributed by atoms with Crippen molar-refractivity contribution in [3.8, 4) is 0 Å². The van der Waals surface area contributed by atoms with Crippen molar-refractivity contribution in [2.45, 2.75) is 0 Å². The standard InChI is InChI=1S/C15H9Cl2NO/c16-10-4-1-3-9(7-10)15(19)12-8-18-14-11(12)5-2-6-13(14)17/h1-8,18H. The number of hydrogen-bond donors (Lipinski definition) is 1. The van der Waals surface area contributed by atoms with Crippen molar-refractivity contribution in [3.05, 3.63) is 69.8 Å². The highest BCUT2D eigenvalue weighted by Crippen LogP contribution is 2.27. The number of H-pyrrole nitrogens is 1. The van der Waals surface area contributed by atoms with Crippen LogP contribution in [0.3, 0.4) is 0 Å². The average molecular weight is 290 g/mol. The third kappa shape index (κ3) is 2.14. The minimum Gasteiger partial charge on any atom is -0.359 e. The van der Waals surface area contributed by atoms with Crippen LogP contribution in [-0.4, -0.2) is 10.8 Å². The summed E-state index contributed by atoms with van der Waals surface area (Å²) in [6.07, 6.45) is 1.68. The van der Waals surface area contributed by atoms with Crippen molar-refractivity contribution in [1.82, 2.24) is 4.98 Å². The van der Waals surface area contributed by atoms with Gasteiger partial charge in [0.05, 0.1) is 10.5 Å². The Morgan fingerprint density at radius 2 is 1.84 bits per heavy atom. The van der Waals surface area contributed by atoms with E-state index in [0.717, 1.165) is 10.9 Å². The largest absolute Gasteiger partial charge is 0.359 e. The van der Waals surface area contributed by atoms with Crippen LogP contribution < -0.4 is 0 Å². The second-order valence-corrected chi connectivity index (χ2v) is 5.05. The van der Waals surface area contributed by atoms with Gasteiger partial charge in [-0.3, -0.25) is 4.79 Å². The Morgan fingerprint density at radius 3 is 2.63 bits per heavy atom. The molecule has 0 fully saturated rings. The number of benzene rings is 2. The van der Waals surface area contributed by atoms with Gasteiger partial charge in [0, 0.05) is 27.7 Å². The zero-order valence-corrected chi connectivity index (χ0v) is 11.3. The monoisotopic (exact) mass is 289 g/mol. The maximum atomic E-state index is 12.5. The molecule has 0 saturated heterocycles. The maximum Gasteiger partial charge on any atom is 0.195 e. The molecule has 0 aliphatic rings. The molecule has 0 spiro atoms. The predicted octanol–water partition coefficient (Wildman–Crippen LogP) is 4.71. The number of ketones is 1. The summed E-state index contributed by atoms with van der Waals surface area (Å²) in [6, 6.07) is 12.4. The highest BCUT2D eigenvalue weighted by atomic mass is 35.5. The Labute approximate surface area is 120 Å². The number of para-hydroxylation sites is 1. The second-order valence-electron chi connectivity index (χ2n) is 4.20. The molecule has 0 aliphatic carbocycles. The van der Waals surface area contributed by atoms with Crippen LogP contribution in [0.15, 0.2) is 48.7 Å². The topological polar surface area (TPSA) is 32.9 Å². The summed E-state index contributed by atoms with van der Waals surface area (Å²) < 4.78 is 0. The molecule has 1 N–H and O–H groups in total. The Hall–Kier alpha value is -1.77. The molecule has 2 nitrogen and oxygen atoms in total. The van der Waals surface area contributed by atoms with E-state index in [0.29, 0.717) is 21.2 Å². The number of carbonyl (C=O) groups excluding carboxylic acids is 1. The first-order valence-electron chi connectivity index (χ1n) is 5.72. The fraction of sp³-hybridized carbons (Fsp3) is 0. The molecule has 0 unspecified atom stereocenters. The van der Waals surface area contributed by atoms with Crippen LogP contribution in [0.4, 0.5) is 0 Å². The van der Waals surface area contributed by atoms with Crippen molar-refractivity contribution in [2.24, 2.45) is 0 Å². The van der Waals surface area contributed by atoms with Gasteiger partial charge in [0.25, 0.3) is 0 Å². The lowest BCUT2D eigenvalue weighted by Gasteiger charge is -2.00. The molecular weight excluding hydrogens is 281 g/mol. The van der Waals surface area contributed by atoms with E-state index < -0.39 is 0 Å². The maximum absolute atomic E-state index is 12.5. The number of aromatic nitrogens is 1. The van der Waals surface area contributed by atoms with Crippen molar-refractivity contribution in [3.63, 3.8) is 0 Å². The lowest BCUT2D eigenvalue weighted by Crippen LogP contribution is -1.99. The summed E-state index contributed by atoms with van der Waals surface area (Å²) in [7, 11) is 0. The van der Waals surface area contributed by atoms with E-state index in [1.54, 1.807) is 36.5 Å². The highest BCUT2D eigenvalue weighted by molar-refractivity contribution is 6.36. The third-order valence-corrected chi connectivity index (χ3v) is 3.55. The van der Waals surface area contributed by atoms with Crippen LogP contribution >= 0.6 is 23.2 Å². The molecule has 4 heteroatoms. The van der Waals surface area contributed by atoms with Crippen LogP contribution in [-0.2, 0) is 0 Å². The first-order chi connectivity index (χ1) is 9.16. The third-order valence-electron chi connectivity index (χ3n) is 3.00. The van der Waals surface area contributed by atoms with Crippen LogP contribution in [0.1, 0.15) is 15.9 Å². The van der Waals surface area contributed by atoms with Crippen LogP contribution in [0.5, 0.6) is 0 Å². The predicted molar refractivity (Wildman–Crippen MR) is 78.2 cm³/mol. The highest BCUT2D eigenvalue weighted by Gasteiger charge is 2.15. The van der Waals surface area contributed by atoms with E-state index in [1.165, 1.54) is 0 Å². The molecule has 0 saturated carbocycles. The summed E-state index contributed by atoms with van der Waals surface area (Å²) in [5, 5.41) is 1.96. The SMILES string of the molecule is O=C(c1cccc(Cl)c1)c1c[nH]c2c(Cl)cccc12. The Balaban J connectivity index is 2.15. The number of carbonyl (C=O) groups is 1. The molecule has 19 heavy (non-hydrogen) atoms. The molecule has 0 radical (unpaired) electrons. The summed E-state index contributed by atoms with van der Waals surface area (Å²) >= 11 is 12.0. The van der Waals surface area contributed by atoms with Crippen LogP contribution in [0, 0.1) is 0 Å². The molecule has 1 aromatic heterocycles. The van der Waals surface area contributed by atoms with Gasteiger partial charge in [-0.2, -0.15) is 0 Å². The van der Waals surface area contributed by atoms with Crippen molar-refractivity contribution < 1.29 is 4.79 Å². The van der Waals surface area contributed by atoms with Gasteiger partial charge in [0.2, 0.25) is 0 Å². The van der Waals surface area contributed by atoms with Gasteiger partial charge < -0.3 is 4.98 Å². The molecule has 3 rings (SSSR count). The molecule has 0 bridgehead atoms. The Kier molecular flexibility index (Phi) is 3.05. The zero-order valence-electron chi connectivity index (χ0n) is 9.78. The van der Waals surface area contributed by atoms with Gasteiger partial charge in [-0.25, -0.2) is 0 Å². The summed E-state index contributed by atoms with van der Waals surface area (Å²) in [4.78, 5) is 15.5. The minimum absolute atomic E-state index is 0.0731. The molecular formula is C15H9Cl2NO. The molecule has 0 aliphatic heterocycles. The first kappa shape index (κ1) is 12.3. The van der Waals surface area contributed by atoms with Gasteiger partial charge in [-0.1, -0.05) is 47.5 Å². The van der Waals surface area contributed by atoms with Crippen molar-refractivity contribution in [1.29, 1.82) is 0 Å². The van der Waals surface area contributed by atoms with E-state index in [4.69, 9.17) is 23.2 Å². The fourth-order valence-electron chi connectivity index (χ4n) is 2.09. The molecule has 0 atom stereocenters. The van der Waals surface area contributed by atoms with Gasteiger partial charge in [0.15, 0.2) is 5.78 Å². The van der Waals surface area contributed by atoms with E-state index in [1.807, 2.05) is 12.1 Å². The smallest absolute Gasteiger partial charge is 0.195 e. The van der Waals surface area contributed by atoms with Gasteiger partial charge in [0.1, 0.15) is 0 Å². The summed E-state index contributed by atoms with van der Waals surface area (Å²) in [6.45, 7) is 0. The normalized spacial score (nSPS) is 10.8. The summed E-state index contributed by atoms with van der Waals surface area (Å²) in [5.41, 5.74) is 1.93. The Morgan fingerprint density at radius 1 is 1.05 bits per heavy atom. The van der Waals surface area contributed by atoms with Crippen LogP contribution in [0.2, 0.25) is 10.0 Å². The van der Waals surface area contributed by atoms with E-state index in [9.17, 15) is 4.79 Å². The first-order valence-corrected chi connectivity index (χ1v) is 6.48. The van der Waals surface area contributed by atoms with E-state index in [2.05, 4.69) is 4.98 Å². The minimum atomic E-state index is -0.0731. The number of fused-ring (bicyclic) bond motifs is 1. The van der Waals surface area contributed by atoms with E-state index >= 15 is 0 Å². The van der Waals surface area contributed by atoms with Gasteiger partial charge >= 0.3 is 0 Å². The van der Waals surface area contributed by atoms with Gasteiger partial charge in [-0.15, -0.1) is 0 Å². The van der Waals surface area contributed by atoms with Crippen molar-refractivity contribution >= 4 is 39.9 Å². The van der Waals surface area contributed by atoms with E-state index in [-0.39, 0.29) is 5.78 Å². The Bertz CT molecular complexity index is 777. The number of nitrogens with one attached hydrogen (secondary N) is 1. The summed E-state index contributed by atoms with van der Waals surface area (Å²) in [5.74, 6) is -0.0731. The number of halogens is 2. The number of hydrogen-bond acceptors (Lipinski definition) is 1. The lowest BCUT2D eigenvalue weighted by molar-refractivity contribution is 0.104. The van der Waals surface area contributed by atoms with Gasteiger partial charge in [-0.05, 0) is 18.2 Å². The average Bonchev–Trinajstić information content (AvgIpc) is 2.83. The molecule has 1 heterocycles. The fourth-order valence-corrected chi connectivity index (χ4v) is 2.51. The quantitative estimate of drug-likeness (QED) is 0.681. The molecule has 0 amide bonds. The van der Waals surface area contributed by atoms with Crippen LogP contribution in [0.25, 0.3) is 10.9 Å². The van der Waals surface area contributed by atoms with Crippen molar-refractivity contribution in [2.75, 3.05) is 0 Å². The lowest BCUT2D eigenvalue weighted by atomic mass is 10.0. The number of rotatable bonds is 2.